The average Bonchev–Trinajstić information content (AvgIpc) is 2.46. The van der Waals surface area contributed by atoms with Crippen LogP contribution in [0.1, 0.15) is 27.0 Å². The Morgan fingerprint density at radius 3 is 2.50 bits per heavy atom. The third-order valence-electron chi connectivity index (χ3n) is 3.25. The molecule has 0 heterocycles. The molecule has 0 atom stereocenters. The molecule has 112 valence electrons. The summed E-state index contributed by atoms with van der Waals surface area (Å²) in [6.45, 7) is 3.99. The number of carbonyl (C=O) groups is 2. The van der Waals surface area contributed by atoms with Crippen LogP contribution >= 0.6 is 0 Å². The van der Waals surface area contributed by atoms with Gasteiger partial charge in [-0.15, -0.1) is 0 Å². The number of benzene rings is 2. The fourth-order valence-corrected chi connectivity index (χ4v) is 2.13. The van der Waals surface area contributed by atoms with Crippen LogP contribution in [-0.2, 0) is 4.79 Å². The van der Waals surface area contributed by atoms with Crippen LogP contribution in [0.15, 0.2) is 48.5 Å². The molecule has 2 N–H and O–H groups in total. The van der Waals surface area contributed by atoms with Crippen molar-refractivity contribution >= 4 is 23.6 Å². The van der Waals surface area contributed by atoms with E-state index in [9.17, 15) is 9.59 Å². The second kappa shape index (κ2) is 6.72. The Bertz CT molecular complexity index is 748. The van der Waals surface area contributed by atoms with Crippen molar-refractivity contribution in [3.05, 3.63) is 70.8 Å². The van der Waals surface area contributed by atoms with Crippen LogP contribution in [0, 0.1) is 13.8 Å². The summed E-state index contributed by atoms with van der Waals surface area (Å²) in [6.07, 6.45) is 3.11. The zero-order valence-electron chi connectivity index (χ0n) is 12.5. The molecule has 2 aromatic carbocycles. The summed E-state index contributed by atoms with van der Waals surface area (Å²) in [5, 5.41) is 11.7. The number of carbonyl (C=O) groups excluding carboxylic acids is 1. The quantitative estimate of drug-likeness (QED) is 0.846. The number of hydrogen-bond donors (Lipinski definition) is 2. The Hall–Kier alpha value is -2.88. The normalized spacial score (nSPS) is 10.6. The molecule has 0 fully saturated rings. The summed E-state index contributed by atoms with van der Waals surface area (Å²) in [5.41, 5.74) is 3.54. The monoisotopic (exact) mass is 295 g/mol. The molecule has 0 radical (unpaired) electrons. The Morgan fingerprint density at radius 2 is 1.82 bits per heavy atom. The van der Waals surface area contributed by atoms with Crippen LogP contribution < -0.4 is 5.32 Å². The molecular formula is C18H17NO3. The standard InChI is InChI=1S/C18H17NO3/c1-12-7-8-14(13(2)11-12)9-10-17(20)19-16-6-4-3-5-15(16)18(21)22/h3-11H,1-2H3,(H,19,20)(H,21,22)/b10-9+. The van der Waals surface area contributed by atoms with Gasteiger partial charge < -0.3 is 10.4 Å². The lowest BCUT2D eigenvalue weighted by atomic mass is 10.1. The van der Waals surface area contributed by atoms with E-state index in [2.05, 4.69) is 5.32 Å². The minimum absolute atomic E-state index is 0.0655. The van der Waals surface area contributed by atoms with Crippen LogP contribution in [0.4, 0.5) is 5.69 Å². The van der Waals surface area contributed by atoms with E-state index in [0.717, 1.165) is 16.7 Å². The van der Waals surface area contributed by atoms with E-state index in [0.29, 0.717) is 0 Å². The predicted octanol–water partition coefficient (Wildman–Crippen LogP) is 3.65. The molecule has 4 nitrogen and oxygen atoms in total. The zero-order chi connectivity index (χ0) is 16.1. The number of rotatable bonds is 4. The molecule has 0 aliphatic heterocycles. The van der Waals surface area contributed by atoms with Crippen molar-refractivity contribution in [1.29, 1.82) is 0 Å². The van der Waals surface area contributed by atoms with Crippen molar-refractivity contribution in [2.75, 3.05) is 5.32 Å². The molecule has 0 unspecified atom stereocenters. The summed E-state index contributed by atoms with van der Waals surface area (Å²) in [7, 11) is 0. The summed E-state index contributed by atoms with van der Waals surface area (Å²) in [6, 6.07) is 12.3. The summed E-state index contributed by atoms with van der Waals surface area (Å²) in [4.78, 5) is 23.0. The van der Waals surface area contributed by atoms with Gasteiger partial charge in [-0.05, 0) is 43.2 Å². The number of para-hydroxylation sites is 1. The van der Waals surface area contributed by atoms with Gasteiger partial charge in [0.05, 0.1) is 11.3 Å². The summed E-state index contributed by atoms with van der Waals surface area (Å²) >= 11 is 0. The van der Waals surface area contributed by atoms with Gasteiger partial charge in [0.15, 0.2) is 0 Å². The highest BCUT2D eigenvalue weighted by Crippen LogP contribution is 2.16. The topological polar surface area (TPSA) is 66.4 Å². The highest BCUT2D eigenvalue weighted by Gasteiger charge is 2.10. The molecule has 0 aliphatic rings. The smallest absolute Gasteiger partial charge is 0.337 e. The first-order valence-electron chi connectivity index (χ1n) is 6.86. The van der Waals surface area contributed by atoms with Crippen LogP contribution in [0.2, 0.25) is 0 Å². The zero-order valence-corrected chi connectivity index (χ0v) is 12.5. The maximum Gasteiger partial charge on any atom is 0.337 e. The molecule has 0 saturated heterocycles. The Balaban J connectivity index is 2.13. The minimum Gasteiger partial charge on any atom is -0.478 e. The molecule has 0 saturated carbocycles. The molecule has 0 aliphatic carbocycles. The van der Waals surface area contributed by atoms with E-state index >= 15 is 0 Å². The first-order valence-corrected chi connectivity index (χ1v) is 6.86. The van der Waals surface area contributed by atoms with E-state index in [1.165, 1.54) is 12.1 Å². The third-order valence-corrected chi connectivity index (χ3v) is 3.25. The lowest BCUT2D eigenvalue weighted by Crippen LogP contribution is -2.11. The van der Waals surface area contributed by atoms with E-state index in [-0.39, 0.29) is 17.2 Å². The summed E-state index contributed by atoms with van der Waals surface area (Å²) in [5.74, 6) is -1.44. The number of carboxylic acids is 1. The number of nitrogens with one attached hydrogen (secondary N) is 1. The molecule has 1 amide bonds. The van der Waals surface area contributed by atoms with Crippen molar-refractivity contribution in [3.8, 4) is 0 Å². The van der Waals surface area contributed by atoms with E-state index in [4.69, 9.17) is 5.11 Å². The number of aryl methyl sites for hydroxylation is 2. The SMILES string of the molecule is Cc1ccc(/C=C/C(=O)Nc2ccccc2C(=O)O)c(C)c1. The second-order valence-electron chi connectivity index (χ2n) is 5.03. The van der Waals surface area contributed by atoms with Gasteiger partial charge in [-0.2, -0.15) is 0 Å². The fraction of sp³-hybridized carbons (Fsp3) is 0.111. The number of hydrogen-bond acceptors (Lipinski definition) is 2. The Kier molecular flexibility index (Phi) is 4.73. The predicted molar refractivity (Wildman–Crippen MR) is 87.0 cm³/mol. The van der Waals surface area contributed by atoms with Gasteiger partial charge in [0.25, 0.3) is 0 Å². The number of carboxylic acid groups (broad SMARTS) is 1. The lowest BCUT2D eigenvalue weighted by molar-refractivity contribution is -0.111. The first kappa shape index (κ1) is 15.5. The Labute approximate surface area is 129 Å². The van der Waals surface area contributed by atoms with E-state index < -0.39 is 5.97 Å². The van der Waals surface area contributed by atoms with Gasteiger partial charge in [0, 0.05) is 6.08 Å². The van der Waals surface area contributed by atoms with Gasteiger partial charge in [-0.25, -0.2) is 4.79 Å². The lowest BCUT2D eigenvalue weighted by Gasteiger charge is -2.06. The first-order chi connectivity index (χ1) is 10.5. The van der Waals surface area contributed by atoms with Crippen molar-refractivity contribution in [3.63, 3.8) is 0 Å². The van der Waals surface area contributed by atoms with Crippen LogP contribution in [0.25, 0.3) is 6.08 Å². The third kappa shape index (κ3) is 3.82. The maximum absolute atomic E-state index is 11.9. The highest BCUT2D eigenvalue weighted by atomic mass is 16.4. The van der Waals surface area contributed by atoms with Gasteiger partial charge in [-0.3, -0.25) is 4.79 Å². The highest BCUT2D eigenvalue weighted by molar-refractivity contribution is 6.06. The van der Waals surface area contributed by atoms with Crippen molar-refractivity contribution in [2.24, 2.45) is 0 Å². The average molecular weight is 295 g/mol. The van der Waals surface area contributed by atoms with Gasteiger partial charge in [-0.1, -0.05) is 35.9 Å². The molecule has 2 aromatic rings. The molecular weight excluding hydrogens is 278 g/mol. The van der Waals surface area contributed by atoms with Gasteiger partial charge in [0.1, 0.15) is 0 Å². The van der Waals surface area contributed by atoms with Crippen molar-refractivity contribution < 1.29 is 14.7 Å². The van der Waals surface area contributed by atoms with Crippen LogP contribution in [0.5, 0.6) is 0 Å². The molecule has 0 bridgehead atoms. The summed E-state index contributed by atoms with van der Waals surface area (Å²) < 4.78 is 0. The van der Waals surface area contributed by atoms with Crippen LogP contribution in [0.3, 0.4) is 0 Å². The molecule has 0 aromatic heterocycles. The molecule has 22 heavy (non-hydrogen) atoms. The number of anilines is 1. The second-order valence-corrected chi connectivity index (χ2v) is 5.03. The largest absolute Gasteiger partial charge is 0.478 e. The van der Waals surface area contributed by atoms with Gasteiger partial charge >= 0.3 is 5.97 Å². The molecule has 0 spiro atoms. The number of amides is 1. The van der Waals surface area contributed by atoms with Crippen molar-refractivity contribution in [2.45, 2.75) is 13.8 Å². The van der Waals surface area contributed by atoms with E-state index in [1.54, 1.807) is 24.3 Å². The van der Waals surface area contributed by atoms with Crippen LogP contribution in [-0.4, -0.2) is 17.0 Å². The molecule has 2 rings (SSSR count). The Morgan fingerprint density at radius 1 is 1.09 bits per heavy atom. The number of aromatic carboxylic acids is 1. The fourth-order valence-electron chi connectivity index (χ4n) is 2.13. The molecule has 4 heteroatoms. The maximum atomic E-state index is 11.9. The minimum atomic E-state index is -1.07. The van der Waals surface area contributed by atoms with E-state index in [1.807, 2.05) is 32.0 Å². The van der Waals surface area contributed by atoms with Crippen molar-refractivity contribution in [1.82, 2.24) is 0 Å². The van der Waals surface area contributed by atoms with Gasteiger partial charge in [0.2, 0.25) is 5.91 Å².